The number of carbonyl (C=O) groups excluding carboxylic acids is 2. The van der Waals surface area contributed by atoms with Crippen LogP contribution in [0.1, 0.15) is 155 Å². The van der Waals surface area contributed by atoms with Gasteiger partial charge in [0, 0.05) is 11.1 Å². The molecule has 0 saturated carbocycles. The average molecular weight is 451 g/mol. The number of amides is 2. The van der Waals surface area contributed by atoms with Crippen LogP contribution in [0.3, 0.4) is 0 Å². The van der Waals surface area contributed by atoms with Crippen LogP contribution in [0.5, 0.6) is 0 Å². The highest BCUT2D eigenvalue weighted by Crippen LogP contribution is 2.21. The highest BCUT2D eigenvalue weighted by molar-refractivity contribution is 6.03. The molecule has 0 aromatic carbocycles. The predicted molar refractivity (Wildman–Crippen MR) is 138 cm³/mol. The summed E-state index contributed by atoms with van der Waals surface area (Å²) in [5.74, 6) is -0.941. The van der Waals surface area contributed by atoms with E-state index in [1.54, 1.807) is 0 Å². The monoisotopic (exact) mass is 450 g/mol. The summed E-state index contributed by atoms with van der Waals surface area (Å²) in [6, 6.07) is 0. The molecule has 0 aliphatic heterocycles. The lowest BCUT2D eigenvalue weighted by Gasteiger charge is -2.11. The van der Waals surface area contributed by atoms with Gasteiger partial charge in [-0.2, -0.15) is 0 Å². The highest BCUT2D eigenvalue weighted by atomic mass is 16.2. The van der Waals surface area contributed by atoms with Gasteiger partial charge in [0.2, 0.25) is 11.8 Å². The van der Waals surface area contributed by atoms with E-state index in [9.17, 15) is 9.59 Å². The Hall–Kier alpha value is -1.32. The van der Waals surface area contributed by atoms with E-state index >= 15 is 0 Å². The number of carbonyl (C=O) groups is 2. The molecule has 32 heavy (non-hydrogen) atoms. The largest absolute Gasteiger partial charge is 0.366 e. The second-order valence-electron chi connectivity index (χ2n) is 9.55. The third-order valence-corrected chi connectivity index (χ3v) is 6.52. The van der Waals surface area contributed by atoms with E-state index in [0.717, 1.165) is 25.7 Å². The second-order valence-corrected chi connectivity index (χ2v) is 9.55. The zero-order valence-corrected chi connectivity index (χ0v) is 21.5. The molecule has 4 nitrogen and oxygen atoms in total. The number of hydrogen-bond acceptors (Lipinski definition) is 2. The summed E-state index contributed by atoms with van der Waals surface area (Å²) >= 11 is 0. The van der Waals surface area contributed by atoms with Crippen molar-refractivity contribution in [3.63, 3.8) is 0 Å². The molecule has 0 bridgehead atoms. The van der Waals surface area contributed by atoms with Gasteiger partial charge in [-0.05, 0) is 25.7 Å². The molecule has 2 amide bonds. The fourth-order valence-corrected chi connectivity index (χ4v) is 4.42. The van der Waals surface area contributed by atoms with E-state index in [4.69, 9.17) is 11.5 Å². The van der Waals surface area contributed by atoms with E-state index in [1.165, 1.54) is 103 Å². The standard InChI is InChI=1S/C28H54N2O2/c1-3-5-7-9-11-13-15-17-19-21-23-25(27(29)31)26(28(30)32)24-22-20-18-16-14-12-10-8-6-4-2/h3-24H2,1-2H3,(H2,29,31)(H2,30,32). The number of nitrogens with two attached hydrogens (primary N) is 2. The molecule has 0 aliphatic rings. The molecule has 0 aromatic rings. The van der Waals surface area contributed by atoms with E-state index < -0.39 is 11.8 Å². The molecule has 4 heteroatoms. The first-order valence-corrected chi connectivity index (χ1v) is 13.9. The van der Waals surface area contributed by atoms with Gasteiger partial charge in [-0.3, -0.25) is 9.59 Å². The molecular formula is C28H54N2O2. The Morgan fingerprint density at radius 1 is 0.406 bits per heavy atom. The minimum Gasteiger partial charge on any atom is -0.366 e. The maximum Gasteiger partial charge on any atom is 0.245 e. The molecule has 0 rings (SSSR count). The normalized spacial score (nSPS) is 12.1. The van der Waals surface area contributed by atoms with Gasteiger partial charge in [-0.1, -0.05) is 129 Å². The summed E-state index contributed by atoms with van der Waals surface area (Å²) in [7, 11) is 0. The minimum atomic E-state index is -0.471. The molecular weight excluding hydrogens is 396 g/mol. The van der Waals surface area contributed by atoms with Crippen molar-refractivity contribution in [3.8, 4) is 0 Å². The maximum absolute atomic E-state index is 12.0. The van der Waals surface area contributed by atoms with Crippen molar-refractivity contribution in [1.82, 2.24) is 0 Å². The van der Waals surface area contributed by atoms with E-state index in [2.05, 4.69) is 13.8 Å². The lowest BCUT2D eigenvalue weighted by atomic mass is 9.95. The molecule has 0 aromatic heterocycles. The summed E-state index contributed by atoms with van der Waals surface area (Å²) in [6.07, 6.45) is 26.0. The minimum absolute atomic E-state index is 0.471. The van der Waals surface area contributed by atoms with Crippen LogP contribution >= 0.6 is 0 Å². The molecule has 0 radical (unpaired) electrons. The summed E-state index contributed by atoms with van der Waals surface area (Å²) in [6.45, 7) is 4.49. The Balaban J connectivity index is 4.11. The van der Waals surface area contributed by atoms with Crippen LogP contribution < -0.4 is 11.5 Å². The maximum atomic E-state index is 12.0. The van der Waals surface area contributed by atoms with Crippen molar-refractivity contribution in [1.29, 1.82) is 0 Å². The predicted octanol–water partition coefficient (Wildman–Crippen LogP) is 7.88. The van der Waals surface area contributed by atoms with E-state index in [1.807, 2.05) is 0 Å². The van der Waals surface area contributed by atoms with Crippen molar-refractivity contribution < 1.29 is 9.59 Å². The van der Waals surface area contributed by atoms with Gasteiger partial charge in [0.25, 0.3) is 0 Å². The van der Waals surface area contributed by atoms with Gasteiger partial charge in [-0.25, -0.2) is 0 Å². The Morgan fingerprint density at radius 3 is 0.844 bits per heavy atom. The smallest absolute Gasteiger partial charge is 0.245 e. The number of rotatable bonds is 24. The summed E-state index contributed by atoms with van der Waals surface area (Å²) in [4.78, 5) is 24.0. The van der Waals surface area contributed by atoms with Gasteiger partial charge in [0.15, 0.2) is 0 Å². The molecule has 0 saturated heterocycles. The van der Waals surface area contributed by atoms with Gasteiger partial charge >= 0.3 is 0 Å². The zero-order valence-electron chi connectivity index (χ0n) is 21.5. The van der Waals surface area contributed by atoms with Gasteiger partial charge < -0.3 is 11.5 Å². The van der Waals surface area contributed by atoms with Crippen molar-refractivity contribution >= 4 is 11.8 Å². The zero-order chi connectivity index (χ0) is 23.9. The van der Waals surface area contributed by atoms with Crippen molar-refractivity contribution in [3.05, 3.63) is 11.1 Å². The second kappa shape index (κ2) is 22.9. The summed E-state index contributed by atoms with van der Waals surface area (Å²) in [5.41, 5.74) is 12.2. The number of hydrogen-bond donors (Lipinski definition) is 2. The van der Waals surface area contributed by atoms with Gasteiger partial charge in [0.1, 0.15) is 0 Å². The SMILES string of the molecule is CCCCCCCCCCCCC(C(N)=O)=C(CCCCCCCCCCCC)C(N)=O. The quantitative estimate of drug-likeness (QED) is 0.116. The lowest BCUT2D eigenvalue weighted by molar-refractivity contribution is -0.117. The van der Waals surface area contributed by atoms with E-state index in [0.29, 0.717) is 24.0 Å². The van der Waals surface area contributed by atoms with Crippen LogP contribution in [0.2, 0.25) is 0 Å². The Bertz CT molecular complexity index is 456. The Kier molecular flexibility index (Phi) is 21.9. The first kappa shape index (κ1) is 30.7. The molecule has 4 N–H and O–H groups in total. The van der Waals surface area contributed by atoms with Crippen LogP contribution in [0.25, 0.3) is 0 Å². The Labute approximate surface area is 199 Å². The van der Waals surface area contributed by atoms with Crippen LogP contribution in [-0.4, -0.2) is 11.8 Å². The first-order chi connectivity index (χ1) is 15.5. The molecule has 0 unspecified atom stereocenters. The molecule has 0 spiro atoms. The molecule has 0 aliphatic carbocycles. The first-order valence-electron chi connectivity index (χ1n) is 13.9. The fraction of sp³-hybridized carbons (Fsp3) is 0.857. The fourth-order valence-electron chi connectivity index (χ4n) is 4.42. The van der Waals surface area contributed by atoms with Crippen LogP contribution in [-0.2, 0) is 9.59 Å². The third kappa shape index (κ3) is 18.3. The molecule has 188 valence electrons. The van der Waals surface area contributed by atoms with Crippen molar-refractivity contribution in [2.45, 2.75) is 155 Å². The summed E-state index contributed by atoms with van der Waals surface area (Å²) in [5, 5.41) is 0. The van der Waals surface area contributed by atoms with Crippen LogP contribution in [0.4, 0.5) is 0 Å². The van der Waals surface area contributed by atoms with Crippen molar-refractivity contribution in [2.75, 3.05) is 0 Å². The average Bonchev–Trinajstić information content (AvgIpc) is 2.76. The number of unbranched alkanes of at least 4 members (excludes halogenated alkanes) is 18. The number of primary amides is 2. The van der Waals surface area contributed by atoms with Gasteiger partial charge in [0.05, 0.1) is 0 Å². The molecule has 0 heterocycles. The third-order valence-electron chi connectivity index (χ3n) is 6.52. The van der Waals surface area contributed by atoms with E-state index in [-0.39, 0.29) is 0 Å². The lowest BCUT2D eigenvalue weighted by Crippen LogP contribution is -2.23. The van der Waals surface area contributed by atoms with Gasteiger partial charge in [-0.15, -0.1) is 0 Å². The highest BCUT2D eigenvalue weighted by Gasteiger charge is 2.16. The Morgan fingerprint density at radius 2 is 0.625 bits per heavy atom. The van der Waals surface area contributed by atoms with Crippen LogP contribution in [0.15, 0.2) is 11.1 Å². The van der Waals surface area contributed by atoms with Crippen LogP contribution in [0, 0.1) is 0 Å². The molecule has 0 fully saturated rings. The molecule has 0 atom stereocenters. The summed E-state index contributed by atoms with van der Waals surface area (Å²) < 4.78 is 0. The topological polar surface area (TPSA) is 86.2 Å². The van der Waals surface area contributed by atoms with Crippen molar-refractivity contribution in [2.24, 2.45) is 11.5 Å².